The van der Waals surface area contributed by atoms with Gasteiger partial charge in [-0.2, -0.15) is 0 Å². The zero-order valence-electron chi connectivity index (χ0n) is 15.2. The first-order valence-electron chi connectivity index (χ1n) is 8.24. The van der Waals surface area contributed by atoms with Gasteiger partial charge in [0.25, 0.3) is 0 Å². The summed E-state index contributed by atoms with van der Waals surface area (Å²) in [6.45, 7) is 3.98. The van der Waals surface area contributed by atoms with E-state index in [0.717, 1.165) is 34.3 Å². The molecule has 138 valence electrons. The Morgan fingerprint density at radius 1 is 1.12 bits per heavy atom. The van der Waals surface area contributed by atoms with E-state index in [9.17, 15) is 13.2 Å². The second kappa shape index (κ2) is 6.64. The number of ether oxygens (including phenoxy) is 1. The Labute approximate surface area is 153 Å². The molecule has 1 aliphatic rings. The molecule has 1 heterocycles. The van der Waals surface area contributed by atoms with E-state index in [1.165, 1.54) is 0 Å². The average Bonchev–Trinajstić information content (AvgIpc) is 2.54. The van der Waals surface area contributed by atoms with Crippen molar-refractivity contribution in [2.45, 2.75) is 26.2 Å². The topological polar surface area (TPSA) is 84.5 Å². The Morgan fingerprint density at radius 2 is 1.85 bits per heavy atom. The number of benzene rings is 2. The molecule has 26 heavy (non-hydrogen) atoms. The fourth-order valence-corrected chi connectivity index (χ4v) is 3.98. The maximum atomic E-state index is 12.3. The van der Waals surface area contributed by atoms with E-state index in [1.54, 1.807) is 19.2 Å². The van der Waals surface area contributed by atoms with Gasteiger partial charge >= 0.3 is 0 Å². The monoisotopic (exact) mass is 374 g/mol. The minimum absolute atomic E-state index is 0.0874. The molecule has 0 unspecified atom stereocenters. The lowest BCUT2D eigenvalue weighted by atomic mass is 9.82. The summed E-state index contributed by atoms with van der Waals surface area (Å²) in [5.41, 5.74) is 5.16. The van der Waals surface area contributed by atoms with Gasteiger partial charge in [0.05, 0.1) is 19.1 Å². The van der Waals surface area contributed by atoms with Crippen molar-refractivity contribution in [2.24, 2.45) is 0 Å². The number of amides is 1. The van der Waals surface area contributed by atoms with E-state index in [1.807, 2.05) is 26.0 Å². The lowest BCUT2D eigenvalue weighted by molar-refractivity contribution is -0.116. The van der Waals surface area contributed by atoms with Crippen molar-refractivity contribution in [3.05, 3.63) is 52.6 Å². The van der Waals surface area contributed by atoms with Gasteiger partial charge in [0.1, 0.15) is 5.75 Å². The van der Waals surface area contributed by atoms with Crippen molar-refractivity contribution in [3.8, 4) is 5.75 Å². The standard InChI is InChI=1S/C19H22N2O4S/c1-11-8-18(25-3)12(2)7-15(11)16-10-19(22)20-17-9-13(5-6-14(16)17)21-26(4,23)24/h5-9,16,21H,10H2,1-4H3,(H,20,22)/t16-/m1/s1. The van der Waals surface area contributed by atoms with Crippen molar-refractivity contribution in [1.82, 2.24) is 0 Å². The highest BCUT2D eigenvalue weighted by atomic mass is 32.2. The van der Waals surface area contributed by atoms with Gasteiger partial charge in [0.15, 0.2) is 0 Å². The summed E-state index contributed by atoms with van der Waals surface area (Å²) in [5.74, 6) is 0.641. The summed E-state index contributed by atoms with van der Waals surface area (Å²) >= 11 is 0. The first-order chi connectivity index (χ1) is 12.2. The Bertz CT molecular complexity index is 983. The summed E-state index contributed by atoms with van der Waals surface area (Å²) in [7, 11) is -1.74. The molecule has 0 radical (unpaired) electrons. The lowest BCUT2D eigenvalue weighted by Gasteiger charge is -2.28. The number of aryl methyl sites for hydroxylation is 2. The summed E-state index contributed by atoms with van der Waals surface area (Å²) in [6, 6.07) is 9.29. The molecular formula is C19H22N2O4S. The number of hydrogen-bond donors (Lipinski definition) is 2. The first kappa shape index (κ1) is 18.3. The quantitative estimate of drug-likeness (QED) is 0.861. The van der Waals surface area contributed by atoms with Gasteiger partial charge in [-0.25, -0.2) is 8.42 Å². The van der Waals surface area contributed by atoms with Crippen LogP contribution in [0.15, 0.2) is 30.3 Å². The van der Waals surface area contributed by atoms with Gasteiger partial charge in [-0.15, -0.1) is 0 Å². The highest BCUT2D eigenvalue weighted by Crippen LogP contribution is 2.41. The van der Waals surface area contributed by atoms with Crippen LogP contribution < -0.4 is 14.8 Å². The highest BCUT2D eigenvalue weighted by Gasteiger charge is 2.28. The van der Waals surface area contributed by atoms with Crippen molar-refractivity contribution in [3.63, 3.8) is 0 Å². The number of nitrogens with one attached hydrogen (secondary N) is 2. The Morgan fingerprint density at radius 3 is 2.50 bits per heavy atom. The van der Waals surface area contributed by atoms with Crippen LogP contribution in [-0.4, -0.2) is 27.7 Å². The Hall–Kier alpha value is -2.54. The van der Waals surface area contributed by atoms with Gasteiger partial charge in [-0.3, -0.25) is 9.52 Å². The van der Waals surface area contributed by atoms with Crippen molar-refractivity contribution in [2.75, 3.05) is 23.4 Å². The number of fused-ring (bicyclic) bond motifs is 1. The van der Waals surface area contributed by atoms with Gasteiger partial charge in [-0.1, -0.05) is 12.1 Å². The average molecular weight is 374 g/mol. The van der Waals surface area contributed by atoms with Crippen LogP contribution in [-0.2, 0) is 14.8 Å². The molecule has 0 fully saturated rings. The predicted octanol–water partition coefficient (Wildman–Crippen LogP) is 3.16. The van der Waals surface area contributed by atoms with Crippen LogP contribution in [0.5, 0.6) is 5.75 Å². The summed E-state index contributed by atoms with van der Waals surface area (Å²) in [5, 5.41) is 2.84. The number of sulfonamides is 1. The van der Waals surface area contributed by atoms with Gasteiger partial charge in [0.2, 0.25) is 15.9 Å². The first-order valence-corrected chi connectivity index (χ1v) is 10.1. The third kappa shape index (κ3) is 3.67. The maximum absolute atomic E-state index is 12.3. The molecule has 2 aromatic rings. The third-order valence-electron chi connectivity index (χ3n) is 4.55. The molecule has 6 nitrogen and oxygen atoms in total. The molecule has 0 saturated carbocycles. The molecule has 0 bridgehead atoms. The van der Waals surface area contributed by atoms with Gasteiger partial charge in [-0.05, 0) is 54.3 Å². The molecule has 1 amide bonds. The molecule has 0 saturated heterocycles. The van der Waals surface area contributed by atoms with E-state index >= 15 is 0 Å². The van der Waals surface area contributed by atoms with Crippen LogP contribution in [0.3, 0.4) is 0 Å². The summed E-state index contributed by atoms with van der Waals surface area (Å²) in [4.78, 5) is 12.3. The third-order valence-corrected chi connectivity index (χ3v) is 5.16. The molecular weight excluding hydrogens is 352 g/mol. The highest BCUT2D eigenvalue weighted by molar-refractivity contribution is 7.92. The minimum Gasteiger partial charge on any atom is -0.496 e. The summed E-state index contributed by atoms with van der Waals surface area (Å²) < 4.78 is 30.7. The SMILES string of the molecule is COc1cc(C)c([C@@H]2CC(=O)Nc3cc(NS(C)(=O)=O)ccc32)cc1C. The van der Waals surface area contributed by atoms with Crippen molar-refractivity contribution >= 4 is 27.3 Å². The van der Waals surface area contributed by atoms with Crippen LogP contribution in [0.25, 0.3) is 0 Å². The van der Waals surface area contributed by atoms with E-state index in [4.69, 9.17) is 4.74 Å². The van der Waals surface area contributed by atoms with Crippen molar-refractivity contribution in [1.29, 1.82) is 0 Å². The smallest absolute Gasteiger partial charge is 0.229 e. The second-order valence-electron chi connectivity index (χ2n) is 6.66. The molecule has 0 spiro atoms. The largest absolute Gasteiger partial charge is 0.496 e. The number of hydrogen-bond acceptors (Lipinski definition) is 4. The number of anilines is 2. The van der Waals surface area contributed by atoms with Crippen LogP contribution >= 0.6 is 0 Å². The normalized spacial score (nSPS) is 16.6. The fraction of sp³-hybridized carbons (Fsp3) is 0.316. The maximum Gasteiger partial charge on any atom is 0.229 e. The van der Waals surface area contributed by atoms with Gasteiger partial charge < -0.3 is 10.1 Å². The molecule has 0 aromatic heterocycles. The molecule has 2 N–H and O–H groups in total. The number of rotatable bonds is 4. The molecule has 2 aromatic carbocycles. The number of carbonyl (C=O) groups excluding carboxylic acids is 1. The molecule has 7 heteroatoms. The molecule has 0 aliphatic carbocycles. The predicted molar refractivity (Wildman–Crippen MR) is 102 cm³/mol. The lowest BCUT2D eigenvalue weighted by Crippen LogP contribution is -2.24. The van der Waals surface area contributed by atoms with Crippen LogP contribution in [0.1, 0.15) is 34.6 Å². The van der Waals surface area contributed by atoms with E-state index in [2.05, 4.69) is 16.1 Å². The van der Waals surface area contributed by atoms with Gasteiger partial charge in [0, 0.05) is 18.0 Å². The molecule has 1 atom stereocenters. The van der Waals surface area contributed by atoms with Crippen molar-refractivity contribution < 1.29 is 17.9 Å². The Balaban J connectivity index is 2.07. The molecule has 1 aliphatic heterocycles. The molecule has 3 rings (SSSR count). The summed E-state index contributed by atoms with van der Waals surface area (Å²) in [6.07, 6.45) is 1.44. The van der Waals surface area contributed by atoms with Crippen LogP contribution in [0, 0.1) is 13.8 Å². The van der Waals surface area contributed by atoms with Crippen LogP contribution in [0.2, 0.25) is 0 Å². The Kier molecular flexibility index (Phi) is 4.66. The number of methoxy groups -OCH3 is 1. The number of carbonyl (C=O) groups is 1. The fourth-order valence-electron chi connectivity index (χ4n) is 3.43. The van der Waals surface area contributed by atoms with E-state index < -0.39 is 10.0 Å². The minimum atomic E-state index is -3.38. The van der Waals surface area contributed by atoms with E-state index in [-0.39, 0.29) is 11.8 Å². The second-order valence-corrected chi connectivity index (χ2v) is 8.41. The zero-order valence-corrected chi connectivity index (χ0v) is 16.0. The zero-order chi connectivity index (χ0) is 19.1. The van der Waals surface area contributed by atoms with Crippen LogP contribution in [0.4, 0.5) is 11.4 Å². The van der Waals surface area contributed by atoms with E-state index in [0.29, 0.717) is 17.8 Å².